The van der Waals surface area contributed by atoms with Crippen LogP contribution in [0.25, 0.3) is 11.4 Å². The predicted molar refractivity (Wildman–Crippen MR) is 61.1 cm³/mol. The van der Waals surface area contributed by atoms with Crippen LogP contribution in [0.2, 0.25) is 0 Å². The van der Waals surface area contributed by atoms with Gasteiger partial charge in [-0.05, 0) is 19.4 Å². The van der Waals surface area contributed by atoms with Crippen LogP contribution in [0.4, 0.5) is 4.39 Å². The maximum absolute atomic E-state index is 12.9. The van der Waals surface area contributed by atoms with E-state index in [4.69, 9.17) is 4.42 Å². The van der Waals surface area contributed by atoms with Crippen molar-refractivity contribution >= 4 is 0 Å². The summed E-state index contributed by atoms with van der Waals surface area (Å²) in [5.74, 6) is 0.781. The number of oxazole rings is 1. The Hall–Kier alpha value is -1.62. The Balaban J connectivity index is 1.82. The highest BCUT2D eigenvalue weighted by molar-refractivity contribution is 5.52. The van der Waals surface area contributed by atoms with Crippen LogP contribution in [0.1, 0.15) is 24.7 Å². The van der Waals surface area contributed by atoms with Crippen LogP contribution < -0.4 is 5.32 Å². The molecular weight excluding hydrogens is 221 g/mol. The van der Waals surface area contributed by atoms with E-state index in [0.29, 0.717) is 17.3 Å². The van der Waals surface area contributed by atoms with Gasteiger partial charge in [0.2, 0.25) is 0 Å². The van der Waals surface area contributed by atoms with Crippen molar-refractivity contribution in [2.75, 3.05) is 13.1 Å². The molecule has 0 spiro atoms. The van der Waals surface area contributed by atoms with Gasteiger partial charge in [0.15, 0.2) is 5.89 Å². The summed E-state index contributed by atoms with van der Waals surface area (Å²) in [6.07, 6.45) is 5.12. The molecule has 2 N–H and O–H groups in total. The first-order chi connectivity index (χ1) is 8.33. The normalized spacial score (nSPS) is 20.6. The molecule has 2 aromatic heterocycles. The second-order valence-electron chi connectivity index (χ2n) is 4.35. The Morgan fingerprint density at radius 2 is 2.41 bits per heavy atom. The van der Waals surface area contributed by atoms with Gasteiger partial charge >= 0.3 is 0 Å². The third kappa shape index (κ3) is 2.10. The molecule has 90 valence electrons. The summed E-state index contributed by atoms with van der Waals surface area (Å²) in [6.45, 7) is 1.96. The smallest absolute Gasteiger partial charge is 0.199 e. The highest BCUT2D eigenvalue weighted by atomic mass is 19.1. The van der Waals surface area contributed by atoms with E-state index in [-0.39, 0.29) is 5.82 Å². The van der Waals surface area contributed by atoms with Gasteiger partial charge < -0.3 is 14.7 Å². The molecule has 0 bridgehead atoms. The number of aromatic nitrogens is 2. The van der Waals surface area contributed by atoms with Crippen LogP contribution in [0.15, 0.2) is 22.9 Å². The van der Waals surface area contributed by atoms with Crippen molar-refractivity contribution in [1.29, 1.82) is 0 Å². The number of H-pyrrole nitrogens is 1. The summed E-state index contributed by atoms with van der Waals surface area (Å²) in [7, 11) is 0. The third-order valence-corrected chi connectivity index (χ3v) is 3.09. The second kappa shape index (κ2) is 4.33. The van der Waals surface area contributed by atoms with Crippen molar-refractivity contribution in [2.24, 2.45) is 0 Å². The number of piperidine rings is 1. The molecule has 5 heteroatoms. The molecule has 0 saturated carbocycles. The molecule has 3 heterocycles. The molecule has 1 aliphatic heterocycles. The van der Waals surface area contributed by atoms with Gasteiger partial charge in [0.1, 0.15) is 17.8 Å². The number of halogens is 1. The zero-order valence-corrected chi connectivity index (χ0v) is 9.37. The molecule has 1 aliphatic rings. The first-order valence-corrected chi connectivity index (χ1v) is 5.83. The summed E-state index contributed by atoms with van der Waals surface area (Å²) in [4.78, 5) is 7.24. The van der Waals surface area contributed by atoms with Gasteiger partial charge in [0.25, 0.3) is 0 Å². The Morgan fingerprint density at radius 3 is 3.12 bits per heavy atom. The average Bonchev–Trinajstić information content (AvgIpc) is 2.98. The number of nitrogens with zero attached hydrogens (tertiary/aromatic N) is 1. The molecule has 1 saturated heterocycles. The van der Waals surface area contributed by atoms with Crippen LogP contribution in [0, 0.1) is 5.82 Å². The predicted octanol–water partition coefficient (Wildman–Crippen LogP) is 2.28. The molecule has 1 fully saturated rings. The lowest BCUT2D eigenvalue weighted by molar-refractivity contribution is 0.376. The fourth-order valence-corrected chi connectivity index (χ4v) is 2.18. The van der Waals surface area contributed by atoms with Crippen molar-refractivity contribution in [3.63, 3.8) is 0 Å². The third-order valence-electron chi connectivity index (χ3n) is 3.09. The van der Waals surface area contributed by atoms with E-state index in [2.05, 4.69) is 15.3 Å². The minimum Gasteiger partial charge on any atom is -0.448 e. The van der Waals surface area contributed by atoms with Crippen LogP contribution >= 0.6 is 0 Å². The average molecular weight is 235 g/mol. The molecule has 2 aromatic rings. The van der Waals surface area contributed by atoms with Crippen molar-refractivity contribution in [3.8, 4) is 11.4 Å². The van der Waals surface area contributed by atoms with Gasteiger partial charge in [0, 0.05) is 24.7 Å². The molecule has 1 atom stereocenters. The molecule has 0 radical (unpaired) electrons. The van der Waals surface area contributed by atoms with Gasteiger partial charge in [-0.25, -0.2) is 9.37 Å². The summed E-state index contributed by atoms with van der Waals surface area (Å²) in [5, 5.41) is 3.32. The Kier molecular flexibility index (Phi) is 2.68. The van der Waals surface area contributed by atoms with Crippen molar-refractivity contribution in [1.82, 2.24) is 15.3 Å². The zero-order chi connectivity index (χ0) is 11.7. The molecule has 17 heavy (non-hydrogen) atoms. The van der Waals surface area contributed by atoms with E-state index in [9.17, 15) is 4.39 Å². The van der Waals surface area contributed by atoms with Crippen molar-refractivity contribution in [3.05, 3.63) is 30.2 Å². The van der Waals surface area contributed by atoms with Gasteiger partial charge in [-0.2, -0.15) is 0 Å². The molecule has 0 unspecified atom stereocenters. The lowest BCUT2D eigenvalue weighted by atomic mass is 10.00. The first-order valence-electron chi connectivity index (χ1n) is 5.83. The SMILES string of the molecule is Fc1c[nH]c(-c2coc([C@H]3CCCNC3)n2)c1. The number of rotatable bonds is 2. The maximum atomic E-state index is 12.9. The number of nitrogens with one attached hydrogen (secondary N) is 2. The minimum absolute atomic E-state index is 0.288. The molecule has 0 aliphatic carbocycles. The van der Waals surface area contributed by atoms with Gasteiger partial charge in [0.05, 0.1) is 5.69 Å². The molecular formula is C12H14FN3O. The van der Waals surface area contributed by atoms with E-state index in [1.165, 1.54) is 12.3 Å². The van der Waals surface area contributed by atoms with E-state index in [1.807, 2.05) is 0 Å². The van der Waals surface area contributed by atoms with Crippen LogP contribution in [-0.2, 0) is 0 Å². The highest BCUT2D eigenvalue weighted by Gasteiger charge is 2.20. The lowest BCUT2D eigenvalue weighted by Crippen LogP contribution is -2.28. The van der Waals surface area contributed by atoms with Crippen LogP contribution in [0.5, 0.6) is 0 Å². The molecule has 0 amide bonds. The number of aromatic amines is 1. The first kappa shape index (κ1) is 10.5. The minimum atomic E-state index is -0.288. The molecule has 0 aromatic carbocycles. The highest BCUT2D eigenvalue weighted by Crippen LogP contribution is 2.25. The van der Waals surface area contributed by atoms with E-state index < -0.39 is 0 Å². The molecule has 3 rings (SSSR count). The zero-order valence-electron chi connectivity index (χ0n) is 9.37. The Labute approximate surface area is 98.2 Å². The second-order valence-corrected chi connectivity index (χ2v) is 4.35. The monoisotopic (exact) mass is 235 g/mol. The summed E-state index contributed by atoms with van der Waals surface area (Å²) >= 11 is 0. The molecule has 4 nitrogen and oxygen atoms in total. The summed E-state index contributed by atoms with van der Waals surface area (Å²) in [6, 6.07) is 1.42. The number of hydrogen-bond acceptors (Lipinski definition) is 3. The summed E-state index contributed by atoms with van der Waals surface area (Å²) in [5.41, 5.74) is 1.32. The fourth-order valence-electron chi connectivity index (χ4n) is 2.18. The van der Waals surface area contributed by atoms with Gasteiger partial charge in [-0.3, -0.25) is 0 Å². The standard InChI is InChI=1S/C12H14FN3O/c13-9-4-10(15-6-9)11-7-17-12(16-11)8-2-1-3-14-5-8/h4,6-8,14-15H,1-3,5H2/t8-/m0/s1. The van der Waals surface area contributed by atoms with Crippen LogP contribution in [0.3, 0.4) is 0 Å². The topological polar surface area (TPSA) is 53.9 Å². The largest absolute Gasteiger partial charge is 0.448 e. The van der Waals surface area contributed by atoms with Crippen molar-refractivity contribution in [2.45, 2.75) is 18.8 Å². The lowest BCUT2D eigenvalue weighted by Gasteiger charge is -2.19. The Bertz CT molecular complexity index is 499. The fraction of sp³-hybridized carbons (Fsp3) is 0.417. The van der Waals surface area contributed by atoms with Gasteiger partial charge in [-0.1, -0.05) is 0 Å². The van der Waals surface area contributed by atoms with E-state index in [0.717, 1.165) is 31.8 Å². The Morgan fingerprint density at radius 1 is 1.47 bits per heavy atom. The van der Waals surface area contributed by atoms with Crippen molar-refractivity contribution < 1.29 is 8.81 Å². The number of hydrogen-bond donors (Lipinski definition) is 2. The van der Waals surface area contributed by atoms with E-state index >= 15 is 0 Å². The maximum Gasteiger partial charge on any atom is 0.199 e. The van der Waals surface area contributed by atoms with Crippen LogP contribution in [-0.4, -0.2) is 23.1 Å². The van der Waals surface area contributed by atoms with Gasteiger partial charge in [-0.15, -0.1) is 0 Å². The summed E-state index contributed by atoms with van der Waals surface area (Å²) < 4.78 is 18.3. The quantitative estimate of drug-likeness (QED) is 0.839. The van der Waals surface area contributed by atoms with E-state index in [1.54, 1.807) is 6.26 Å².